The van der Waals surface area contributed by atoms with E-state index < -0.39 is 5.60 Å². The van der Waals surface area contributed by atoms with Gasteiger partial charge in [-0.25, -0.2) is 0 Å². The number of rotatable bonds is 11. The second kappa shape index (κ2) is 10.4. The SMILES string of the molecule is CCCCCC(CC(C)=O)N1CCC(O)(CCCCC)CC1. The number of ketones is 1. The number of piperidine rings is 1. The number of unbranched alkanes of at least 4 members (excludes halogenated alkanes) is 4. The van der Waals surface area contributed by atoms with Gasteiger partial charge in [0.15, 0.2) is 0 Å². The summed E-state index contributed by atoms with van der Waals surface area (Å²) >= 11 is 0. The highest BCUT2D eigenvalue weighted by molar-refractivity contribution is 5.76. The first kappa shape index (κ1) is 19.6. The fraction of sp³-hybridized carbons (Fsp3) is 0.947. The van der Waals surface area contributed by atoms with Crippen molar-refractivity contribution >= 4 is 5.78 Å². The van der Waals surface area contributed by atoms with E-state index in [1.54, 1.807) is 6.92 Å². The van der Waals surface area contributed by atoms with E-state index in [4.69, 9.17) is 0 Å². The molecule has 1 unspecified atom stereocenters. The molecule has 0 saturated carbocycles. The van der Waals surface area contributed by atoms with Gasteiger partial charge in [0.1, 0.15) is 5.78 Å². The molecule has 1 aliphatic rings. The molecule has 0 aromatic carbocycles. The molecule has 0 amide bonds. The molecule has 3 heteroatoms. The zero-order chi connectivity index (χ0) is 16.4. The maximum atomic E-state index is 11.6. The zero-order valence-corrected chi connectivity index (χ0v) is 15.1. The van der Waals surface area contributed by atoms with Crippen molar-refractivity contribution in [2.45, 2.75) is 103 Å². The molecule has 0 aromatic heterocycles. The second-order valence-electron chi connectivity index (χ2n) is 7.27. The van der Waals surface area contributed by atoms with Crippen LogP contribution in [0.2, 0.25) is 0 Å². The lowest BCUT2D eigenvalue weighted by Crippen LogP contribution is -2.48. The zero-order valence-electron chi connectivity index (χ0n) is 15.1. The molecular weight excluding hydrogens is 274 g/mol. The van der Waals surface area contributed by atoms with Gasteiger partial charge in [0.2, 0.25) is 0 Å². The van der Waals surface area contributed by atoms with Crippen molar-refractivity contribution < 1.29 is 9.90 Å². The van der Waals surface area contributed by atoms with E-state index >= 15 is 0 Å². The topological polar surface area (TPSA) is 40.5 Å². The lowest BCUT2D eigenvalue weighted by molar-refractivity contribution is -0.118. The molecule has 1 atom stereocenters. The van der Waals surface area contributed by atoms with Crippen molar-refractivity contribution in [2.24, 2.45) is 0 Å². The fourth-order valence-corrected chi connectivity index (χ4v) is 3.63. The minimum absolute atomic E-state index is 0.297. The summed E-state index contributed by atoms with van der Waals surface area (Å²) in [6.45, 7) is 8.03. The van der Waals surface area contributed by atoms with Gasteiger partial charge in [0.05, 0.1) is 5.60 Å². The third kappa shape index (κ3) is 7.23. The summed E-state index contributed by atoms with van der Waals surface area (Å²) in [4.78, 5) is 14.0. The molecule has 1 N–H and O–H groups in total. The highest BCUT2D eigenvalue weighted by atomic mass is 16.3. The van der Waals surface area contributed by atoms with E-state index in [0.29, 0.717) is 18.2 Å². The van der Waals surface area contributed by atoms with Crippen LogP contribution in [0.25, 0.3) is 0 Å². The molecule has 0 aromatic rings. The Hall–Kier alpha value is -0.410. The van der Waals surface area contributed by atoms with Crippen LogP contribution in [0, 0.1) is 0 Å². The maximum Gasteiger partial charge on any atom is 0.131 e. The van der Waals surface area contributed by atoms with Crippen molar-refractivity contribution in [3.63, 3.8) is 0 Å². The van der Waals surface area contributed by atoms with E-state index in [-0.39, 0.29) is 0 Å². The molecule has 1 saturated heterocycles. The molecule has 1 aliphatic heterocycles. The van der Waals surface area contributed by atoms with Crippen molar-refractivity contribution in [3.8, 4) is 0 Å². The predicted octanol–water partition coefficient (Wildman–Crippen LogP) is 4.32. The molecule has 0 bridgehead atoms. The van der Waals surface area contributed by atoms with Gasteiger partial charge in [-0.1, -0.05) is 52.4 Å². The smallest absolute Gasteiger partial charge is 0.131 e. The Morgan fingerprint density at radius 1 is 1.09 bits per heavy atom. The van der Waals surface area contributed by atoms with Gasteiger partial charge in [-0.2, -0.15) is 0 Å². The predicted molar refractivity (Wildman–Crippen MR) is 93.1 cm³/mol. The van der Waals surface area contributed by atoms with Crippen molar-refractivity contribution in [1.82, 2.24) is 4.90 Å². The quantitative estimate of drug-likeness (QED) is 0.578. The summed E-state index contributed by atoms with van der Waals surface area (Å²) < 4.78 is 0. The summed E-state index contributed by atoms with van der Waals surface area (Å²) in [5.41, 5.74) is -0.449. The molecule has 130 valence electrons. The average Bonchev–Trinajstić information content (AvgIpc) is 2.47. The highest BCUT2D eigenvalue weighted by Gasteiger charge is 2.34. The number of aliphatic hydroxyl groups is 1. The molecule has 1 rings (SSSR count). The van der Waals surface area contributed by atoms with Crippen LogP contribution in [-0.4, -0.2) is 40.5 Å². The monoisotopic (exact) mass is 311 g/mol. The van der Waals surface area contributed by atoms with Crippen LogP contribution in [0.3, 0.4) is 0 Å². The molecule has 0 radical (unpaired) electrons. The molecule has 22 heavy (non-hydrogen) atoms. The third-order valence-electron chi connectivity index (χ3n) is 5.15. The number of nitrogens with zero attached hydrogens (tertiary/aromatic N) is 1. The van der Waals surface area contributed by atoms with Crippen molar-refractivity contribution in [3.05, 3.63) is 0 Å². The van der Waals surface area contributed by atoms with E-state index in [9.17, 15) is 9.90 Å². The van der Waals surface area contributed by atoms with Gasteiger partial charge in [0.25, 0.3) is 0 Å². The maximum absolute atomic E-state index is 11.6. The Labute approximate surface area is 137 Å². The van der Waals surface area contributed by atoms with Gasteiger partial charge in [0, 0.05) is 25.6 Å². The highest BCUT2D eigenvalue weighted by Crippen LogP contribution is 2.30. The number of Topliss-reactive ketones (excluding diaryl/α,β-unsaturated/α-hetero) is 1. The van der Waals surface area contributed by atoms with Crippen molar-refractivity contribution in [2.75, 3.05) is 13.1 Å². The summed E-state index contributed by atoms with van der Waals surface area (Å²) in [5, 5.41) is 10.7. The number of likely N-dealkylation sites (tertiary alicyclic amines) is 1. The largest absolute Gasteiger partial charge is 0.390 e. The third-order valence-corrected chi connectivity index (χ3v) is 5.15. The molecule has 0 aliphatic carbocycles. The number of hydrogen-bond donors (Lipinski definition) is 1. The van der Waals surface area contributed by atoms with Gasteiger partial charge in [-0.3, -0.25) is 9.69 Å². The molecule has 1 fully saturated rings. The second-order valence-corrected chi connectivity index (χ2v) is 7.27. The van der Waals surface area contributed by atoms with E-state index in [0.717, 1.165) is 45.2 Å². The van der Waals surface area contributed by atoms with Crippen LogP contribution in [0.5, 0.6) is 0 Å². The molecule has 1 heterocycles. The minimum Gasteiger partial charge on any atom is -0.390 e. The lowest BCUT2D eigenvalue weighted by Gasteiger charge is -2.42. The Balaban J connectivity index is 2.44. The summed E-state index contributed by atoms with van der Waals surface area (Å²) in [6, 6.07) is 0.393. The Morgan fingerprint density at radius 2 is 1.68 bits per heavy atom. The van der Waals surface area contributed by atoms with Gasteiger partial charge in [-0.05, 0) is 32.6 Å². The summed E-state index contributed by atoms with van der Waals surface area (Å²) in [7, 11) is 0. The van der Waals surface area contributed by atoms with Gasteiger partial charge < -0.3 is 5.11 Å². The van der Waals surface area contributed by atoms with E-state index in [1.807, 2.05) is 0 Å². The van der Waals surface area contributed by atoms with Crippen LogP contribution in [0.15, 0.2) is 0 Å². The normalized spacial score (nSPS) is 20.0. The summed E-state index contributed by atoms with van der Waals surface area (Å²) in [5.74, 6) is 0.297. The number of carbonyl (C=O) groups is 1. The van der Waals surface area contributed by atoms with Crippen LogP contribution in [0.1, 0.15) is 91.4 Å². The first-order valence-electron chi connectivity index (χ1n) is 9.46. The Bertz CT molecular complexity index is 309. The number of hydrogen-bond acceptors (Lipinski definition) is 3. The van der Waals surface area contributed by atoms with Gasteiger partial charge in [-0.15, -0.1) is 0 Å². The minimum atomic E-state index is -0.449. The Morgan fingerprint density at radius 3 is 2.23 bits per heavy atom. The first-order valence-corrected chi connectivity index (χ1v) is 9.46. The molecule has 3 nitrogen and oxygen atoms in total. The van der Waals surface area contributed by atoms with Crippen molar-refractivity contribution in [1.29, 1.82) is 0 Å². The fourth-order valence-electron chi connectivity index (χ4n) is 3.63. The molecule has 0 spiro atoms. The lowest BCUT2D eigenvalue weighted by atomic mass is 9.85. The standard InChI is InChI=1S/C19H37NO2/c1-4-6-8-10-18(16-17(3)21)20-14-12-19(22,13-15-20)11-9-7-5-2/h18,22H,4-16H2,1-3H3. The number of carbonyl (C=O) groups excluding carboxylic acids is 1. The van der Waals surface area contributed by atoms with Gasteiger partial charge >= 0.3 is 0 Å². The van der Waals surface area contributed by atoms with Crippen LogP contribution >= 0.6 is 0 Å². The first-order chi connectivity index (χ1) is 10.5. The van der Waals surface area contributed by atoms with E-state index in [2.05, 4.69) is 18.7 Å². The van der Waals surface area contributed by atoms with E-state index in [1.165, 1.54) is 32.1 Å². The van der Waals surface area contributed by atoms with Crippen LogP contribution < -0.4 is 0 Å². The van der Waals surface area contributed by atoms with Crippen LogP contribution in [-0.2, 0) is 4.79 Å². The molecular formula is C19H37NO2. The summed E-state index contributed by atoms with van der Waals surface area (Å²) in [6.07, 6.45) is 11.8. The average molecular weight is 312 g/mol. The Kier molecular flexibility index (Phi) is 9.27. The van der Waals surface area contributed by atoms with Crippen LogP contribution in [0.4, 0.5) is 0 Å².